The Kier molecular flexibility index (Phi) is 8.72. The Labute approximate surface area is 243 Å². The quantitative estimate of drug-likeness (QED) is 0.165. The van der Waals surface area contributed by atoms with Gasteiger partial charge >= 0.3 is 0 Å². The first-order chi connectivity index (χ1) is 19.9. The van der Waals surface area contributed by atoms with Crippen LogP contribution >= 0.6 is 11.3 Å². The third kappa shape index (κ3) is 6.45. The topological polar surface area (TPSA) is 82.3 Å². The Morgan fingerprint density at radius 1 is 1.24 bits per heavy atom. The highest BCUT2D eigenvalue weighted by molar-refractivity contribution is 7.23. The van der Waals surface area contributed by atoms with E-state index in [1.807, 2.05) is 31.3 Å². The standard InChI is InChI=1S/C32H32FN5O2S/c1-21(38(3)32-29(15-26(33)19-39)28-13-23(16-34)7-8-30(28)41-32)24-5-4-6-25(14-24)31-35-17-27(18-36-31)40-20-22-9-11-37(2)12-10-22/h4-8,13-15,17-19,21-22H,9-12,20H2,1-3H3/b26-15+. The molecule has 7 nitrogen and oxygen atoms in total. The second-order valence-corrected chi connectivity index (χ2v) is 11.5. The molecule has 0 amide bonds. The number of aromatic nitrogens is 2. The highest BCUT2D eigenvalue weighted by Gasteiger charge is 2.21. The summed E-state index contributed by atoms with van der Waals surface area (Å²) in [5, 5.41) is 10.9. The van der Waals surface area contributed by atoms with Crippen molar-refractivity contribution in [2.24, 2.45) is 5.92 Å². The van der Waals surface area contributed by atoms with E-state index in [4.69, 9.17) is 4.74 Å². The van der Waals surface area contributed by atoms with Gasteiger partial charge in [0.15, 0.2) is 23.7 Å². The molecule has 1 saturated heterocycles. The molecule has 1 aliphatic rings. The van der Waals surface area contributed by atoms with Crippen molar-refractivity contribution in [3.63, 3.8) is 0 Å². The van der Waals surface area contributed by atoms with Crippen molar-refractivity contribution < 1.29 is 13.9 Å². The van der Waals surface area contributed by atoms with Crippen LogP contribution in [0.4, 0.5) is 9.39 Å². The molecule has 0 N–H and O–H groups in total. The van der Waals surface area contributed by atoms with Gasteiger partial charge in [0.1, 0.15) is 0 Å². The number of allylic oxidation sites excluding steroid dienone is 1. The third-order valence-corrected chi connectivity index (χ3v) is 8.99. The van der Waals surface area contributed by atoms with Gasteiger partial charge in [-0.1, -0.05) is 18.2 Å². The highest BCUT2D eigenvalue weighted by atomic mass is 32.1. The van der Waals surface area contributed by atoms with Crippen LogP contribution < -0.4 is 9.64 Å². The molecule has 2 aromatic carbocycles. The number of ether oxygens (including phenoxy) is 1. The highest BCUT2D eigenvalue weighted by Crippen LogP contribution is 2.42. The SMILES string of the molecule is CC(c1cccc(-c2ncc(OCC3CCN(C)CC3)cn2)c1)N(C)c1sc2ccc(C#N)cc2c1/C=C(/F)C=O. The molecule has 1 atom stereocenters. The van der Waals surface area contributed by atoms with Crippen LogP contribution in [-0.4, -0.2) is 54.9 Å². The van der Waals surface area contributed by atoms with Crippen LogP contribution in [0.1, 0.15) is 42.5 Å². The number of thiophene rings is 1. The number of rotatable bonds is 9. The van der Waals surface area contributed by atoms with Crippen LogP contribution in [0.3, 0.4) is 0 Å². The molecule has 5 rings (SSSR count). The number of hydrogen-bond acceptors (Lipinski definition) is 8. The molecule has 41 heavy (non-hydrogen) atoms. The maximum absolute atomic E-state index is 14.2. The Balaban J connectivity index is 1.35. The molecule has 0 spiro atoms. The molecule has 0 radical (unpaired) electrons. The Hall–Kier alpha value is -4.13. The number of benzene rings is 2. The lowest BCUT2D eigenvalue weighted by molar-refractivity contribution is -0.106. The van der Waals surface area contributed by atoms with Gasteiger partial charge in [0.25, 0.3) is 0 Å². The van der Waals surface area contributed by atoms with Crippen LogP contribution in [0.15, 0.2) is 60.7 Å². The lowest BCUT2D eigenvalue weighted by Gasteiger charge is -2.28. The summed E-state index contributed by atoms with van der Waals surface area (Å²) in [6.45, 7) is 4.95. The summed E-state index contributed by atoms with van der Waals surface area (Å²) in [5.41, 5.74) is 2.96. The fourth-order valence-corrected chi connectivity index (χ4v) is 6.27. The predicted octanol–water partition coefficient (Wildman–Crippen LogP) is 6.66. The van der Waals surface area contributed by atoms with Gasteiger partial charge in [0, 0.05) is 28.3 Å². The van der Waals surface area contributed by atoms with Crippen LogP contribution in [0.25, 0.3) is 27.6 Å². The van der Waals surface area contributed by atoms with E-state index in [0.29, 0.717) is 35.2 Å². The molecule has 3 heterocycles. The summed E-state index contributed by atoms with van der Waals surface area (Å²) in [4.78, 5) is 24.6. The van der Waals surface area contributed by atoms with E-state index >= 15 is 0 Å². The molecule has 1 aliphatic heterocycles. The Bertz CT molecular complexity index is 1600. The van der Waals surface area contributed by atoms with Gasteiger partial charge in [-0.05, 0) is 81.7 Å². The number of carbonyl (C=O) groups is 1. The molecule has 2 aromatic heterocycles. The van der Waals surface area contributed by atoms with Gasteiger partial charge in [-0.15, -0.1) is 11.3 Å². The number of fused-ring (bicyclic) bond motifs is 1. The summed E-state index contributed by atoms with van der Waals surface area (Å²) < 4.78 is 21.1. The van der Waals surface area contributed by atoms with Gasteiger partial charge < -0.3 is 14.5 Å². The first-order valence-corrected chi connectivity index (χ1v) is 14.4. The second kappa shape index (κ2) is 12.6. The average Bonchev–Trinajstić information content (AvgIpc) is 3.37. The van der Waals surface area contributed by atoms with Crippen LogP contribution in [0.5, 0.6) is 5.75 Å². The molecule has 4 aromatic rings. The number of nitriles is 1. The minimum Gasteiger partial charge on any atom is -0.490 e. The molecular formula is C32H32FN5O2S. The summed E-state index contributed by atoms with van der Waals surface area (Å²) in [6, 6.07) is 15.4. The summed E-state index contributed by atoms with van der Waals surface area (Å²) >= 11 is 1.49. The van der Waals surface area contributed by atoms with E-state index in [0.717, 1.165) is 52.1 Å². The Morgan fingerprint density at radius 2 is 2.00 bits per heavy atom. The predicted molar refractivity (Wildman–Crippen MR) is 162 cm³/mol. The molecule has 0 saturated carbocycles. The number of likely N-dealkylation sites (tertiary alicyclic amines) is 1. The summed E-state index contributed by atoms with van der Waals surface area (Å²) in [7, 11) is 4.09. The largest absolute Gasteiger partial charge is 0.490 e. The lowest BCUT2D eigenvalue weighted by Crippen LogP contribution is -2.32. The van der Waals surface area contributed by atoms with Crippen LogP contribution in [0, 0.1) is 17.2 Å². The number of anilines is 1. The van der Waals surface area contributed by atoms with Crippen molar-refractivity contribution in [2.75, 3.05) is 38.7 Å². The number of carbonyl (C=O) groups excluding carboxylic acids is 1. The smallest absolute Gasteiger partial charge is 0.178 e. The molecule has 0 bridgehead atoms. The summed E-state index contributed by atoms with van der Waals surface area (Å²) in [5.74, 6) is 0.967. The Morgan fingerprint density at radius 3 is 2.71 bits per heavy atom. The average molecular weight is 570 g/mol. The summed E-state index contributed by atoms with van der Waals surface area (Å²) in [6.07, 6.45) is 7.17. The van der Waals surface area contributed by atoms with E-state index in [1.54, 1.807) is 24.5 Å². The van der Waals surface area contributed by atoms with E-state index in [9.17, 15) is 14.4 Å². The fourth-order valence-electron chi connectivity index (χ4n) is 5.07. The van der Waals surface area contributed by atoms with Crippen molar-refractivity contribution in [3.05, 3.63) is 77.4 Å². The normalized spacial score (nSPS) is 15.4. The minimum absolute atomic E-state index is 0.0953. The number of hydrogen-bond donors (Lipinski definition) is 0. The zero-order valence-electron chi connectivity index (χ0n) is 23.4. The van der Waals surface area contributed by atoms with Gasteiger partial charge in [-0.3, -0.25) is 4.79 Å². The first kappa shape index (κ1) is 28.4. The lowest BCUT2D eigenvalue weighted by atomic mass is 9.98. The van der Waals surface area contributed by atoms with Crippen molar-refractivity contribution in [1.29, 1.82) is 5.26 Å². The van der Waals surface area contributed by atoms with E-state index in [-0.39, 0.29) is 12.3 Å². The van der Waals surface area contributed by atoms with Crippen LogP contribution in [0.2, 0.25) is 0 Å². The number of piperidine rings is 1. The van der Waals surface area contributed by atoms with Gasteiger partial charge in [-0.25, -0.2) is 14.4 Å². The van der Waals surface area contributed by atoms with E-state index in [1.165, 1.54) is 17.4 Å². The fraction of sp³-hybridized carbons (Fsp3) is 0.312. The monoisotopic (exact) mass is 569 g/mol. The van der Waals surface area contributed by atoms with E-state index < -0.39 is 5.83 Å². The number of aldehydes is 1. The zero-order valence-corrected chi connectivity index (χ0v) is 24.2. The third-order valence-electron chi connectivity index (χ3n) is 7.71. The number of nitrogens with zero attached hydrogens (tertiary/aromatic N) is 5. The van der Waals surface area contributed by atoms with Crippen molar-refractivity contribution >= 4 is 38.8 Å². The van der Waals surface area contributed by atoms with Gasteiger partial charge in [-0.2, -0.15) is 5.26 Å². The van der Waals surface area contributed by atoms with Crippen molar-refractivity contribution in [2.45, 2.75) is 25.8 Å². The van der Waals surface area contributed by atoms with Gasteiger partial charge in [0.05, 0.1) is 41.7 Å². The first-order valence-electron chi connectivity index (χ1n) is 13.6. The van der Waals surface area contributed by atoms with E-state index in [2.05, 4.69) is 45.9 Å². The van der Waals surface area contributed by atoms with Crippen molar-refractivity contribution in [3.8, 4) is 23.2 Å². The van der Waals surface area contributed by atoms with Crippen LogP contribution in [-0.2, 0) is 4.79 Å². The molecule has 0 aliphatic carbocycles. The maximum atomic E-state index is 14.2. The van der Waals surface area contributed by atoms with Crippen molar-refractivity contribution in [1.82, 2.24) is 14.9 Å². The second-order valence-electron chi connectivity index (χ2n) is 10.5. The molecule has 9 heteroatoms. The molecule has 210 valence electrons. The maximum Gasteiger partial charge on any atom is 0.178 e. The zero-order chi connectivity index (χ0) is 28.9. The minimum atomic E-state index is -0.868. The molecular weight excluding hydrogens is 537 g/mol. The molecule has 1 fully saturated rings. The number of halogens is 1. The molecule has 1 unspecified atom stereocenters. The van der Waals surface area contributed by atoms with Gasteiger partial charge in [0.2, 0.25) is 0 Å².